The van der Waals surface area contributed by atoms with Crippen LogP contribution >= 0.6 is 0 Å². The third-order valence-electron chi connectivity index (χ3n) is 5.61. The number of rotatable bonds is 5. The van der Waals surface area contributed by atoms with Crippen molar-refractivity contribution >= 4 is 16.9 Å². The van der Waals surface area contributed by atoms with E-state index in [1.807, 2.05) is 36.4 Å². The molecule has 1 N–H and O–H groups in total. The fourth-order valence-electron chi connectivity index (χ4n) is 4.03. The minimum Gasteiger partial charge on any atom is -0.478 e. The minimum atomic E-state index is -0.860. The molecular weight excluding hydrogens is 354 g/mol. The molecule has 0 amide bonds. The number of benzene rings is 2. The quantitative estimate of drug-likeness (QED) is 0.740. The maximum Gasteiger partial charge on any atom is 0.335 e. The van der Waals surface area contributed by atoms with Crippen LogP contribution in [-0.2, 0) is 6.54 Å². The number of para-hydroxylation sites is 1. The van der Waals surface area contributed by atoms with E-state index in [1.54, 1.807) is 23.0 Å². The predicted octanol–water partition coefficient (Wildman–Crippen LogP) is 2.97. The number of carboxylic acid groups (broad SMARTS) is 1. The van der Waals surface area contributed by atoms with E-state index in [2.05, 4.69) is 9.88 Å². The summed E-state index contributed by atoms with van der Waals surface area (Å²) in [5, 5.41) is 10.1. The lowest BCUT2D eigenvalue weighted by Gasteiger charge is -2.32. The number of hydrogen-bond acceptors (Lipinski definition) is 4. The average Bonchev–Trinajstić information content (AvgIpc) is 2.74. The number of likely N-dealkylation sites (tertiary alicyclic amines) is 1. The molecule has 1 aliphatic heterocycles. The summed E-state index contributed by atoms with van der Waals surface area (Å²) < 4.78 is 1.67. The minimum absolute atomic E-state index is 0.00382. The highest BCUT2D eigenvalue weighted by molar-refractivity contribution is 5.89. The van der Waals surface area contributed by atoms with Gasteiger partial charge in [-0.3, -0.25) is 9.36 Å². The van der Waals surface area contributed by atoms with Crippen LogP contribution in [0.5, 0.6) is 0 Å². The molecular formula is C22H23N3O3. The van der Waals surface area contributed by atoms with E-state index >= 15 is 0 Å². The standard InChI is InChI=1S/C22H23N3O3/c26-21-19-7-3-4-8-20(19)23-15-25(21)14-13-24-11-9-16(10-12-24)17-5-1-2-6-18(17)22(27)28/h1-8,15-16H,9-14H2,(H,27,28). The van der Waals surface area contributed by atoms with Crippen molar-refractivity contribution in [2.24, 2.45) is 0 Å². The zero-order valence-electron chi connectivity index (χ0n) is 15.6. The van der Waals surface area contributed by atoms with Gasteiger partial charge in [0.15, 0.2) is 0 Å². The second kappa shape index (κ2) is 7.94. The molecule has 0 aliphatic carbocycles. The van der Waals surface area contributed by atoms with Crippen LogP contribution < -0.4 is 5.56 Å². The van der Waals surface area contributed by atoms with Crippen molar-refractivity contribution in [3.8, 4) is 0 Å². The molecule has 2 aromatic carbocycles. The Morgan fingerprint density at radius 1 is 1.04 bits per heavy atom. The third kappa shape index (κ3) is 3.68. The van der Waals surface area contributed by atoms with E-state index in [0.29, 0.717) is 17.5 Å². The maximum atomic E-state index is 12.6. The summed E-state index contributed by atoms with van der Waals surface area (Å²) >= 11 is 0. The maximum absolute atomic E-state index is 12.6. The molecule has 0 unspecified atom stereocenters. The fourth-order valence-corrected chi connectivity index (χ4v) is 4.03. The number of nitrogens with zero attached hydrogens (tertiary/aromatic N) is 3. The number of carboxylic acids is 1. The lowest BCUT2D eigenvalue weighted by atomic mass is 9.86. The lowest BCUT2D eigenvalue weighted by molar-refractivity contribution is 0.0694. The highest BCUT2D eigenvalue weighted by atomic mass is 16.4. The van der Waals surface area contributed by atoms with Crippen molar-refractivity contribution < 1.29 is 9.90 Å². The Hall–Kier alpha value is -2.99. The van der Waals surface area contributed by atoms with Crippen LogP contribution in [0, 0.1) is 0 Å². The molecule has 144 valence electrons. The van der Waals surface area contributed by atoms with E-state index in [0.717, 1.165) is 43.6 Å². The third-order valence-corrected chi connectivity index (χ3v) is 5.61. The molecule has 2 heterocycles. The van der Waals surface area contributed by atoms with Crippen LogP contribution in [0.2, 0.25) is 0 Å². The van der Waals surface area contributed by atoms with E-state index in [4.69, 9.17) is 0 Å². The SMILES string of the molecule is O=C(O)c1ccccc1C1CCN(CCn2cnc3ccccc3c2=O)CC1. The zero-order chi connectivity index (χ0) is 19.5. The van der Waals surface area contributed by atoms with Gasteiger partial charge in [-0.25, -0.2) is 9.78 Å². The van der Waals surface area contributed by atoms with E-state index in [1.165, 1.54) is 0 Å². The number of carbonyl (C=O) groups is 1. The van der Waals surface area contributed by atoms with Crippen LogP contribution in [-0.4, -0.2) is 45.2 Å². The highest BCUT2D eigenvalue weighted by Crippen LogP contribution is 2.30. The summed E-state index contributed by atoms with van der Waals surface area (Å²) in [4.78, 5) is 30.8. The molecule has 0 spiro atoms. The summed E-state index contributed by atoms with van der Waals surface area (Å²) in [6.07, 6.45) is 3.48. The summed E-state index contributed by atoms with van der Waals surface area (Å²) in [6, 6.07) is 14.7. The molecule has 0 atom stereocenters. The van der Waals surface area contributed by atoms with Gasteiger partial charge in [0.25, 0.3) is 5.56 Å². The van der Waals surface area contributed by atoms with Crippen molar-refractivity contribution in [3.63, 3.8) is 0 Å². The monoisotopic (exact) mass is 377 g/mol. The first-order valence-corrected chi connectivity index (χ1v) is 9.62. The van der Waals surface area contributed by atoms with Crippen molar-refractivity contribution in [2.75, 3.05) is 19.6 Å². The Morgan fingerprint density at radius 3 is 2.54 bits per heavy atom. The Labute approximate surface area is 163 Å². The molecule has 4 rings (SSSR count). The molecule has 1 aliphatic rings. The largest absolute Gasteiger partial charge is 0.478 e. The lowest BCUT2D eigenvalue weighted by Crippen LogP contribution is -2.37. The molecule has 1 aromatic heterocycles. The smallest absolute Gasteiger partial charge is 0.335 e. The second-order valence-electron chi connectivity index (χ2n) is 7.27. The fraction of sp³-hybridized carbons (Fsp3) is 0.318. The van der Waals surface area contributed by atoms with Crippen molar-refractivity contribution in [1.82, 2.24) is 14.5 Å². The van der Waals surface area contributed by atoms with Gasteiger partial charge in [-0.05, 0) is 55.6 Å². The molecule has 1 saturated heterocycles. The van der Waals surface area contributed by atoms with E-state index in [9.17, 15) is 14.7 Å². The summed E-state index contributed by atoms with van der Waals surface area (Å²) in [7, 11) is 0. The Kier molecular flexibility index (Phi) is 5.21. The number of fused-ring (bicyclic) bond motifs is 1. The van der Waals surface area contributed by atoms with Gasteiger partial charge >= 0.3 is 5.97 Å². The zero-order valence-corrected chi connectivity index (χ0v) is 15.6. The first-order chi connectivity index (χ1) is 13.6. The van der Waals surface area contributed by atoms with Gasteiger partial charge in [-0.2, -0.15) is 0 Å². The topological polar surface area (TPSA) is 75.4 Å². The van der Waals surface area contributed by atoms with E-state index in [-0.39, 0.29) is 11.5 Å². The van der Waals surface area contributed by atoms with Crippen LogP contribution in [0.3, 0.4) is 0 Å². The molecule has 28 heavy (non-hydrogen) atoms. The van der Waals surface area contributed by atoms with Crippen LogP contribution in [0.1, 0.15) is 34.7 Å². The number of piperidine rings is 1. The summed E-state index contributed by atoms with van der Waals surface area (Å²) in [5.74, 6) is -0.588. The predicted molar refractivity (Wildman–Crippen MR) is 108 cm³/mol. The van der Waals surface area contributed by atoms with Crippen molar-refractivity contribution in [2.45, 2.75) is 25.3 Å². The summed E-state index contributed by atoms with van der Waals surface area (Å²) in [6.45, 7) is 3.18. The van der Waals surface area contributed by atoms with E-state index < -0.39 is 5.97 Å². The van der Waals surface area contributed by atoms with Gasteiger partial charge in [-0.1, -0.05) is 30.3 Å². The molecule has 1 fully saturated rings. The van der Waals surface area contributed by atoms with Gasteiger partial charge in [0.05, 0.1) is 22.8 Å². The first kappa shape index (κ1) is 18.4. The molecule has 0 saturated carbocycles. The number of hydrogen-bond donors (Lipinski definition) is 1. The average molecular weight is 377 g/mol. The van der Waals surface area contributed by atoms with Crippen molar-refractivity contribution in [3.05, 3.63) is 76.3 Å². The van der Waals surface area contributed by atoms with Crippen LogP contribution in [0.4, 0.5) is 0 Å². The van der Waals surface area contributed by atoms with Gasteiger partial charge in [-0.15, -0.1) is 0 Å². The van der Waals surface area contributed by atoms with Gasteiger partial charge in [0, 0.05) is 13.1 Å². The molecule has 3 aromatic rings. The Morgan fingerprint density at radius 2 is 1.75 bits per heavy atom. The molecule has 0 radical (unpaired) electrons. The Balaban J connectivity index is 1.39. The highest BCUT2D eigenvalue weighted by Gasteiger charge is 2.24. The van der Waals surface area contributed by atoms with Crippen LogP contribution in [0.15, 0.2) is 59.7 Å². The number of aromatic carboxylic acids is 1. The van der Waals surface area contributed by atoms with Gasteiger partial charge < -0.3 is 10.0 Å². The normalized spacial score (nSPS) is 15.7. The molecule has 6 nitrogen and oxygen atoms in total. The second-order valence-corrected chi connectivity index (χ2v) is 7.27. The number of aromatic nitrogens is 2. The van der Waals surface area contributed by atoms with Crippen molar-refractivity contribution in [1.29, 1.82) is 0 Å². The summed E-state index contributed by atoms with van der Waals surface area (Å²) in [5.41, 5.74) is 2.07. The molecule has 6 heteroatoms. The Bertz CT molecular complexity index is 1050. The first-order valence-electron chi connectivity index (χ1n) is 9.62. The van der Waals surface area contributed by atoms with Gasteiger partial charge in [0.1, 0.15) is 0 Å². The van der Waals surface area contributed by atoms with Gasteiger partial charge in [0.2, 0.25) is 0 Å². The molecule has 0 bridgehead atoms. The van der Waals surface area contributed by atoms with Crippen LogP contribution in [0.25, 0.3) is 10.9 Å².